The second-order valence-corrected chi connectivity index (χ2v) is 5.71. The fraction of sp³-hybridized carbons (Fsp3) is 0.556. The number of pyridine rings is 1. The first kappa shape index (κ1) is 19.3. The van der Waals surface area contributed by atoms with Crippen LogP contribution in [0.1, 0.15) is 63.8 Å². The van der Waals surface area contributed by atoms with E-state index in [1.54, 1.807) is 12.1 Å². The van der Waals surface area contributed by atoms with Gasteiger partial charge in [0.25, 0.3) is 0 Å². The Hall–Kier alpha value is -1.72. The van der Waals surface area contributed by atoms with Crippen molar-refractivity contribution in [3.63, 3.8) is 0 Å². The van der Waals surface area contributed by atoms with Crippen LogP contribution in [0.5, 0.6) is 0 Å². The van der Waals surface area contributed by atoms with Crippen LogP contribution in [-0.2, 0) is 10.5 Å². The summed E-state index contributed by atoms with van der Waals surface area (Å²) in [5.41, 5.74) is -0.597. The number of unbranched alkanes of at least 4 members (excludes halogenated alkanes) is 4. The van der Waals surface area contributed by atoms with Gasteiger partial charge in [-0.1, -0.05) is 38.3 Å². The van der Waals surface area contributed by atoms with Gasteiger partial charge in [-0.3, -0.25) is 4.79 Å². The highest BCUT2D eigenvalue weighted by Gasteiger charge is 2.31. The molecule has 0 saturated heterocycles. The minimum atomic E-state index is -1.65. The van der Waals surface area contributed by atoms with Gasteiger partial charge in [0.2, 0.25) is 5.91 Å². The van der Waals surface area contributed by atoms with E-state index in [2.05, 4.69) is 23.3 Å². The third-order valence-electron chi connectivity index (χ3n) is 3.56. The summed E-state index contributed by atoms with van der Waals surface area (Å²) in [5.74, 6) is -0.375. The Morgan fingerprint density at radius 2 is 2.13 bits per heavy atom. The van der Waals surface area contributed by atoms with Gasteiger partial charge in [-0.05, 0) is 31.1 Å². The number of nitrogens with zero attached hydrogens (tertiary/aromatic N) is 1. The Kier molecular flexibility index (Phi) is 8.51. The van der Waals surface area contributed by atoms with E-state index in [1.807, 2.05) is 12.1 Å². The van der Waals surface area contributed by atoms with E-state index in [1.165, 1.54) is 26.2 Å². The largest absolute Gasteiger partial charge is 0.396 e. The molecular weight excluding hydrogens is 292 g/mol. The zero-order chi connectivity index (χ0) is 17.1. The van der Waals surface area contributed by atoms with Crippen molar-refractivity contribution in [2.45, 2.75) is 58.1 Å². The second-order valence-electron chi connectivity index (χ2n) is 5.71. The van der Waals surface area contributed by atoms with Crippen molar-refractivity contribution in [3.05, 3.63) is 35.7 Å². The average molecular weight is 320 g/mol. The topological polar surface area (TPSA) is 82.5 Å². The van der Waals surface area contributed by atoms with Gasteiger partial charge < -0.3 is 15.5 Å². The molecule has 0 aliphatic carbocycles. The third-order valence-corrected chi connectivity index (χ3v) is 3.56. The minimum absolute atomic E-state index is 0.0102. The maximum absolute atomic E-state index is 11.3. The summed E-state index contributed by atoms with van der Waals surface area (Å²) >= 11 is 0. The molecule has 1 atom stereocenters. The Bertz CT molecular complexity index is 517. The lowest BCUT2D eigenvalue weighted by atomic mass is 10.0. The summed E-state index contributed by atoms with van der Waals surface area (Å²) in [6, 6.07) is 5.27. The molecule has 1 aromatic heterocycles. The third kappa shape index (κ3) is 6.93. The first-order valence-corrected chi connectivity index (χ1v) is 8.28. The predicted octanol–water partition coefficient (Wildman–Crippen LogP) is 2.73. The fourth-order valence-electron chi connectivity index (χ4n) is 2.38. The molecule has 1 aromatic rings. The van der Waals surface area contributed by atoms with Crippen LogP contribution in [0.4, 0.5) is 0 Å². The molecule has 3 N–H and O–H groups in total. The summed E-state index contributed by atoms with van der Waals surface area (Å²) in [4.78, 5) is 15.7. The number of allylic oxidation sites excluding steroid dienone is 1. The SMILES string of the molecule is CCCCCC/C=C\c1cccc(C(O)(CCO)NC(C)=O)n1. The van der Waals surface area contributed by atoms with Crippen LogP contribution in [0.15, 0.2) is 24.3 Å². The molecule has 1 unspecified atom stereocenters. The zero-order valence-electron chi connectivity index (χ0n) is 14.1. The highest BCUT2D eigenvalue weighted by Crippen LogP contribution is 2.20. The van der Waals surface area contributed by atoms with Gasteiger partial charge in [0.15, 0.2) is 5.72 Å². The summed E-state index contributed by atoms with van der Waals surface area (Å²) in [6.45, 7) is 3.26. The molecule has 0 radical (unpaired) electrons. The number of aromatic nitrogens is 1. The maximum atomic E-state index is 11.3. The lowest BCUT2D eigenvalue weighted by Crippen LogP contribution is -2.46. The maximum Gasteiger partial charge on any atom is 0.219 e. The van der Waals surface area contributed by atoms with Crippen molar-refractivity contribution in [3.8, 4) is 0 Å². The van der Waals surface area contributed by atoms with Crippen LogP contribution in [0, 0.1) is 0 Å². The predicted molar refractivity (Wildman–Crippen MR) is 91.4 cm³/mol. The molecule has 0 aliphatic rings. The highest BCUT2D eigenvalue weighted by atomic mass is 16.3. The number of rotatable bonds is 10. The number of nitrogens with one attached hydrogen (secondary N) is 1. The number of carbonyl (C=O) groups is 1. The molecular formula is C18H28N2O3. The highest BCUT2D eigenvalue weighted by molar-refractivity contribution is 5.73. The van der Waals surface area contributed by atoms with Gasteiger partial charge >= 0.3 is 0 Å². The van der Waals surface area contributed by atoms with Gasteiger partial charge in [-0.2, -0.15) is 0 Å². The molecule has 0 aliphatic heterocycles. The lowest BCUT2D eigenvalue weighted by Gasteiger charge is -2.27. The van der Waals surface area contributed by atoms with E-state index in [0.717, 1.165) is 18.5 Å². The Balaban J connectivity index is 2.77. The lowest BCUT2D eigenvalue weighted by molar-refractivity contribution is -0.128. The Labute approximate surface area is 138 Å². The number of hydrogen-bond donors (Lipinski definition) is 3. The van der Waals surface area contributed by atoms with Crippen molar-refractivity contribution in [1.29, 1.82) is 0 Å². The summed E-state index contributed by atoms with van der Waals surface area (Å²) in [6.07, 6.45) is 9.85. The summed E-state index contributed by atoms with van der Waals surface area (Å²) in [5, 5.41) is 22.2. The quantitative estimate of drug-likeness (QED) is 0.457. The van der Waals surface area contributed by atoms with Crippen LogP contribution >= 0.6 is 0 Å². The number of carbonyl (C=O) groups excluding carboxylic acids is 1. The van der Waals surface area contributed by atoms with E-state index in [9.17, 15) is 9.90 Å². The van der Waals surface area contributed by atoms with Crippen molar-refractivity contribution < 1.29 is 15.0 Å². The summed E-state index contributed by atoms with van der Waals surface area (Å²) < 4.78 is 0. The molecule has 23 heavy (non-hydrogen) atoms. The smallest absolute Gasteiger partial charge is 0.219 e. The first-order chi connectivity index (χ1) is 11.0. The number of amides is 1. The molecule has 0 fully saturated rings. The van der Waals surface area contributed by atoms with Crippen LogP contribution in [0.2, 0.25) is 0 Å². The molecule has 0 spiro atoms. The van der Waals surface area contributed by atoms with Crippen LogP contribution < -0.4 is 5.32 Å². The average Bonchev–Trinajstić information content (AvgIpc) is 2.50. The van der Waals surface area contributed by atoms with E-state index in [0.29, 0.717) is 5.69 Å². The molecule has 0 aromatic carbocycles. The molecule has 1 heterocycles. The molecule has 5 nitrogen and oxygen atoms in total. The van der Waals surface area contributed by atoms with Crippen LogP contribution in [-0.4, -0.2) is 27.7 Å². The number of hydrogen-bond acceptors (Lipinski definition) is 4. The minimum Gasteiger partial charge on any atom is -0.396 e. The van der Waals surface area contributed by atoms with Crippen molar-refractivity contribution in [2.75, 3.05) is 6.61 Å². The van der Waals surface area contributed by atoms with Crippen LogP contribution in [0.25, 0.3) is 6.08 Å². The number of aliphatic hydroxyl groups is 2. The van der Waals surface area contributed by atoms with Gasteiger partial charge in [0, 0.05) is 20.0 Å². The molecule has 128 valence electrons. The van der Waals surface area contributed by atoms with Crippen molar-refractivity contribution in [2.24, 2.45) is 0 Å². The monoisotopic (exact) mass is 320 g/mol. The first-order valence-electron chi connectivity index (χ1n) is 8.28. The fourth-order valence-corrected chi connectivity index (χ4v) is 2.38. The van der Waals surface area contributed by atoms with E-state index >= 15 is 0 Å². The zero-order valence-corrected chi connectivity index (χ0v) is 14.1. The second kappa shape index (κ2) is 10.1. The van der Waals surface area contributed by atoms with Gasteiger partial charge in [0.1, 0.15) is 0 Å². The summed E-state index contributed by atoms with van der Waals surface area (Å²) in [7, 11) is 0. The van der Waals surface area contributed by atoms with Crippen LogP contribution in [0.3, 0.4) is 0 Å². The number of aliphatic hydroxyl groups excluding tert-OH is 1. The van der Waals surface area contributed by atoms with E-state index in [-0.39, 0.29) is 18.9 Å². The Morgan fingerprint density at radius 3 is 2.78 bits per heavy atom. The van der Waals surface area contributed by atoms with Crippen molar-refractivity contribution in [1.82, 2.24) is 10.3 Å². The van der Waals surface area contributed by atoms with E-state index < -0.39 is 5.72 Å². The molecule has 0 saturated carbocycles. The molecule has 5 heteroatoms. The van der Waals surface area contributed by atoms with E-state index in [4.69, 9.17) is 5.11 Å². The molecule has 0 bridgehead atoms. The van der Waals surface area contributed by atoms with Gasteiger partial charge in [0.05, 0.1) is 11.4 Å². The normalized spacial score (nSPS) is 13.9. The van der Waals surface area contributed by atoms with Crippen molar-refractivity contribution >= 4 is 12.0 Å². The Morgan fingerprint density at radius 1 is 1.35 bits per heavy atom. The molecule has 1 amide bonds. The standard InChI is InChI=1S/C18H28N2O3/c1-3-4-5-6-7-8-10-16-11-9-12-17(19-16)18(23,13-14-21)20-15(2)22/h8-12,21,23H,3-7,13-14H2,1-2H3,(H,20,22)/b10-8-. The molecule has 1 rings (SSSR count). The van der Waals surface area contributed by atoms with Gasteiger partial charge in [-0.15, -0.1) is 0 Å². The van der Waals surface area contributed by atoms with Gasteiger partial charge in [-0.25, -0.2) is 4.98 Å².